The molecule has 49 heavy (non-hydrogen) atoms. The summed E-state index contributed by atoms with van der Waals surface area (Å²) in [5.41, 5.74) is 16.5. The van der Waals surface area contributed by atoms with Crippen LogP contribution < -0.4 is 21.3 Å². The summed E-state index contributed by atoms with van der Waals surface area (Å²) in [7, 11) is 0. The lowest BCUT2D eigenvalue weighted by Gasteiger charge is -2.25. The predicted molar refractivity (Wildman–Crippen MR) is 203 cm³/mol. The molecule has 6 heteroatoms. The molecule has 4 aliphatic carbocycles. The van der Waals surface area contributed by atoms with Gasteiger partial charge in [-0.3, -0.25) is 9.98 Å². The highest BCUT2D eigenvalue weighted by Crippen LogP contribution is 2.60. The fraction of sp³-hybridized carbons (Fsp3) is 0.535. The van der Waals surface area contributed by atoms with Gasteiger partial charge in [0, 0.05) is 12.6 Å². The molecule has 2 saturated carbocycles. The van der Waals surface area contributed by atoms with Crippen LogP contribution in [-0.2, 0) is 12.8 Å². The molecule has 4 N–H and O–H groups in total. The molecule has 0 aromatic heterocycles. The summed E-state index contributed by atoms with van der Waals surface area (Å²) in [6.07, 6.45) is 17.0. The Morgan fingerprint density at radius 3 is 2.37 bits per heavy atom. The average molecular weight is 653 g/mol. The number of hydrogen-bond acceptors (Lipinski definition) is 6. The predicted octanol–water partition coefficient (Wildman–Crippen LogP) is 8.34. The molecule has 2 saturated heterocycles. The van der Waals surface area contributed by atoms with Crippen LogP contribution in [0.15, 0.2) is 52.4 Å². The van der Waals surface area contributed by atoms with E-state index in [1.54, 1.807) is 22.3 Å². The fourth-order valence-corrected chi connectivity index (χ4v) is 11.4. The van der Waals surface area contributed by atoms with E-state index in [1.165, 1.54) is 117 Å². The molecular formula is C43H52N6. The molecule has 10 rings (SSSR count). The molecule has 2 bridgehead atoms. The lowest BCUT2D eigenvalue weighted by atomic mass is 9.79. The van der Waals surface area contributed by atoms with Gasteiger partial charge in [0.05, 0.1) is 30.0 Å². The van der Waals surface area contributed by atoms with Crippen LogP contribution in [-0.4, -0.2) is 50.8 Å². The fourth-order valence-electron chi connectivity index (χ4n) is 11.4. The van der Waals surface area contributed by atoms with Gasteiger partial charge in [-0.15, -0.1) is 0 Å². The Morgan fingerprint density at radius 2 is 1.57 bits per heavy atom. The number of nitrogens with one attached hydrogen (secondary N) is 4. The van der Waals surface area contributed by atoms with Crippen LogP contribution in [0.3, 0.4) is 0 Å². The summed E-state index contributed by atoms with van der Waals surface area (Å²) < 4.78 is 0. The van der Waals surface area contributed by atoms with Crippen LogP contribution in [0, 0.1) is 5.41 Å². The monoisotopic (exact) mass is 652 g/mol. The van der Waals surface area contributed by atoms with Crippen molar-refractivity contribution in [2.75, 3.05) is 31.5 Å². The van der Waals surface area contributed by atoms with Gasteiger partial charge < -0.3 is 21.3 Å². The largest absolute Gasteiger partial charge is 0.382 e. The zero-order valence-corrected chi connectivity index (χ0v) is 29.1. The number of amidine groups is 1. The Kier molecular flexibility index (Phi) is 7.49. The first kappa shape index (κ1) is 30.4. The van der Waals surface area contributed by atoms with Gasteiger partial charge in [0.25, 0.3) is 0 Å². The van der Waals surface area contributed by atoms with Gasteiger partial charge in [-0.25, -0.2) is 0 Å². The third-order valence-electron chi connectivity index (χ3n) is 13.8. The zero-order valence-electron chi connectivity index (χ0n) is 29.1. The molecule has 7 aliphatic rings. The molecule has 0 amide bonds. The first-order chi connectivity index (χ1) is 24.2. The highest BCUT2D eigenvalue weighted by molar-refractivity contribution is 5.90. The topological polar surface area (TPSA) is 72.8 Å². The number of benzene rings is 3. The van der Waals surface area contributed by atoms with E-state index in [-0.39, 0.29) is 0 Å². The SMILES string of the molecule is C=Nc1ccc(-c2ccc(-c3ccc(C4CN=C(C5CCCN5)N4)c4c3CC3(CCCC3)C4)c3c2C2CCC3C2)cc1NCC1CCCN1. The van der Waals surface area contributed by atoms with Crippen molar-refractivity contribution in [1.29, 1.82) is 0 Å². The minimum atomic E-state index is 0.307. The van der Waals surface area contributed by atoms with E-state index < -0.39 is 0 Å². The van der Waals surface area contributed by atoms with E-state index in [2.05, 4.69) is 75.4 Å². The highest BCUT2D eigenvalue weighted by Gasteiger charge is 2.45. The minimum Gasteiger partial charge on any atom is -0.382 e. The van der Waals surface area contributed by atoms with Gasteiger partial charge in [-0.1, -0.05) is 43.2 Å². The summed E-state index contributed by atoms with van der Waals surface area (Å²) in [5.74, 6) is 2.55. The van der Waals surface area contributed by atoms with E-state index in [9.17, 15) is 0 Å². The number of nitrogens with zero attached hydrogens (tertiary/aromatic N) is 2. The molecular weight excluding hydrogens is 601 g/mol. The Bertz CT molecular complexity index is 1820. The van der Waals surface area contributed by atoms with Crippen LogP contribution in [0.4, 0.5) is 11.4 Å². The zero-order chi connectivity index (χ0) is 32.5. The summed E-state index contributed by atoms with van der Waals surface area (Å²) in [6.45, 7) is 7.93. The van der Waals surface area contributed by atoms with Crippen molar-refractivity contribution in [1.82, 2.24) is 16.0 Å². The molecule has 5 atom stereocenters. The first-order valence-corrected chi connectivity index (χ1v) is 19.6. The second-order valence-electron chi connectivity index (χ2n) is 16.6. The third-order valence-corrected chi connectivity index (χ3v) is 13.8. The van der Waals surface area contributed by atoms with Crippen molar-refractivity contribution in [3.05, 3.63) is 70.3 Å². The maximum atomic E-state index is 5.06. The quantitative estimate of drug-likeness (QED) is 0.185. The maximum Gasteiger partial charge on any atom is 0.114 e. The molecule has 3 heterocycles. The molecule has 5 unspecified atom stereocenters. The van der Waals surface area contributed by atoms with Crippen molar-refractivity contribution in [2.45, 2.75) is 113 Å². The Balaban J connectivity index is 1.03. The van der Waals surface area contributed by atoms with Crippen LogP contribution in [0.2, 0.25) is 0 Å². The van der Waals surface area contributed by atoms with Crippen molar-refractivity contribution >= 4 is 23.9 Å². The van der Waals surface area contributed by atoms with Crippen LogP contribution >= 0.6 is 0 Å². The molecule has 6 nitrogen and oxygen atoms in total. The van der Waals surface area contributed by atoms with E-state index in [0.29, 0.717) is 35.4 Å². The van der Waals surface area contributed by atoms with Gasteiger partial charge in [0.15, 0.2) is 0 Å². The van der Waals surface area contributed by atoms with Gasteiger partial charge in [0.1, 0.15) is 5.84 Å². The van der Waals surface area contributed by atoms with Crippen LogP contribution in [0.5, 0.6) is 0 Å². The van der Waals surface area contributed by atoms with Crippen molar-refractivity contribution in [2.24, 2.45) is 15.4 Å². The number of aliphatic imine (C=N–C) groups is 2. The normalized spacial score (nSPS) is 29.0. The smallest absolute Gasteiger partial charge is 0.114 e. The lowest BCUT2D eigenvalue weighted by Crippen LogP contribution is -2.39. The van der Waals surface area contributed by atoms with Crippen LogP contribution in [0.25, 0.3) is 22.3 Å². The van der Waals surface area contributed by atoms with Gasteiger partial charge in [0.2, 0.25) is 0 Å². The summed E-state index contributed by atoms with van der Waals surface area (Å²) in [5, 5.41) is 14.9. The minimum absolute atomic E-state index is 0.307. The first-order valence-electron chi connectivity index (χ1n) is 19.6. The second-order valence-corrected chi connectivity index (χ2v) is 16.6. The van der Waals surface area contributed by atoms with Crippen LogP contribution in [0.1, 0.15) is 116 Å². The van der Waals surface area contributed by atoms with Crippen molar-refractivity contribution < 1.29 is 0 Å². The summed E-state index contributed by atoms with van der Waals surface area (Å²) >= 11 is 0. The van der Waals surface area contributed by atoms with Gasteiger partial charge in [-0.2, -0.15) is 0 Å². The van der Waals surface area contributed by atoms with E-state index >= 15 is 0 Å². The molecule has 4 fully saturated rings. The standard InChI is InChI=1S/C43H52N6/c1-44-36-15-10-26(21-38(36)47-24-29-6-4-18-45-29)30-11-14-33(41-28-9-8-27(20-28)40(30)41)31-12-13-32(35-23-43(22-34(31)35)16-2-3-17-43)39-25-48-42(49-39)37-7-5-19-46-37/h10-15,21,27-29,37,39,45-47H,1-9,16-20,22-25H2,(H,48,49). The molecule has 254 valence electrons. The third kappa shape index (κ3) is 5.11. The lowest BCUT2D eigenvalue weighted by molar-refractivity contribution is 0.317. The van der Waals surface area contributed by atoms with Gasteiger partial charge in [-0.05, 0) is 170 Å². The van der Waals surface area contributed by atoms with Crippen molar-refractivity contribution in [3.63, 3.8) is 0 Å². The molecule has 1 spiro atoms. The number of fused-ring (bicyclic) bond motifs is 6. The van der Waals surface area contributed by atoms with E-state index in [4.69, 9.17) is 4.99 Å². The highest BCUT2D eigenvalue weighted by atomic mass is 15.2. The maximum absolute atomic E-state index is 5.06. The number of anilines is 1. The molecule has 3 aliphatic heterocycles. The number of hydrogen-bond donors (Lipinski definition) is 4. The average Bonchev–Trinajstić information content (AvgIpc) is 3.99. The Labute approximate surface area is 292 Å². The number of rotatable bonds is 8. The Hall–Kier alpha value is -3.48. The van der Waals surface area contributed by atoms with Crippen molar-refractivity contribution in [3.8, 4) is 22.3 Å². The van der Waals surface area contributed by atoms with Gasteiger partial charge >= 0.3 is 0 Å². The van der Waals surface area contributed by atoms with E-state index in [1.807, 2.05) is 0 Å². The van der Waals surface area contributed by atoms with E-state index in [0.717, 1.165) is 37.6 Å². The second kappa shape index (κ2) is 12.1. The summed E-state index contributed by atoms with van der Waals surface area (Å²) in [6, 6.07) is 18.1. The molecule has 3 aromatic carbocycles. The summed E-state index contributed by atoms with van der Waals surface area (Å²) in [4.78, 5) is 9.45. The molecule has 3 aromatic rings. The molecule has 0 radical (unpaired) electrons. The Morgan fingerprint density at radius 1 is 0.796 bits per heavy atom.